The van der Waals surface area contributed by atoms with Gasteiger partial charge in [-0.2, -0.15) is 0 Å². The smallest absolute Gasteiger partial charge is 0.0630 e. The molecule has 0 aliphatic rings. The molecule has 1 aromatic rings. The Morgan fingerprint density at radius 3 is 2.67 bits per heavy atom. The quantitative estimate of drug-likeness (QED) is 0.805. The lowest BCUT2D eigenvalue weighted by Crippen LogP contribution is -2.38. The van der Waals surface area contributed by atoms with Gasteiger partial charge in [-0.1, -0.05) is 6.92 Å². The van der Waals surface area contributed by atoms with Crippen LogP contribution >= 0.6 is 27.3 Å². The van der Waals surface area contributed by atoms with Crippen molar-refractivity contribution in [2.75, 3.05) is 13.2 Å². The lowest BCUT2D eigenvalue weighted by Gasteiger charge is -2.25. The predicted octanol–water partition coefficient (Wildman–Crippen LogP) is 4.24. The summed E-state index contributed by atoms with van der Waals surface area (Å²) in [5.74, 6) is 0. The second-order valence-electron chi connectivity index (χ2n) is 5.47. The predicted molar refractivity (Wildman–Crippen MR) is 83.5 cm³/mol. The van der Waals surface area contributed by atoms with Gasteiger partial charge >= 0.3 is 0 Å². The lowest BCUT2D eigenvalue weighted by atomic mass is 10.1. The molecule has 2 nitrogen and oxygen atoms in total. The van der Waals surface area contributed by atoms with Gasteiger partial charge in [0, 0.05) is 21.8 Å². The molecule has 1 aromatic heterocycles. The van der Waals surface area contributed by atoms with Gasteiger partial charge in [-0.3, -0.25) is 0 Å². The lowest BCUT2D eigenvalue weighted by molar-refractivity contribution is -0.0142. The van der Waals surface area contributed by atoms with E-state index >= 15 is 0 Å². The van der Waals surface area contributed by atoms with Crippen LogP contribution in [0.5, 0.6) is 0 Å². The third-order valence-corrected chi connectivity index (χ3v) is 4.47. The summed E-state index contributed by atoms with van der Waals surface area (Å²) in [7, 11) is 0. The van der Waals surface area contributed by atoms with Gasteiger partial charge in [0.2, 0.25) is 0 Å². The first-order chi connectivity index (χ1) is 8.42. The SMILES string of the molecule is CCCNC(COC(C)(C)C)Cc1sccc1Br. The summed E-state index contributed by atoms with van der Waals surface area (Å²) < 4.78 is 7.12. The van der Waals surface area contributed by atoms with Gasteiger partial charge in [0.05, 0.1) is 12.2 Å². The van der Waals surface area contributed by atoms with Crippen molar-refractivity contribution in [2.24, 2.45) is 0 Å². The summed E-state index contributed by atoms with van der Waals surface area (Å²) in [5, 5.41) is 5.69. The summed E-state index contributed by atoms with van der Waals surface area (Å²) in [6.07, 6.45) is 2.17. The molecule has 0 amide bonds. The second-order valence-corrected chi connectivity index (χ2v) is 7.33. The van der Waals surface area contributed by atoms with Crippen molar-refractivity contribution in [3.05, 3.63) is 20.8 Å². The second kappa shape index (κ2) is 7.63. The zero-order chi connectivity index (χ0) is 13.6. The Balaban J connectivity index is 2.52. The molecule has 0 fully saturated rings. The molecule has 0 aliphatic carbocycles. The normalized spacial score (nSPS) is 13.8. The molecule has 0 bridgehead atoms. The number of nitrogens with one attached hydrogen (secondary N) is 1. The van der Waals surface area contributed by atoms with E-state index in [2.05, 4.69) is 60.4 Å². The van der Waals surface area contributed by atoms with Gasteiger partial charge in [-0.15, -0.1) is 11.3 Å². The number of hydrogen-bond donors (Lipinski definition) is 1. The molecule has 0 aromatic carbocycles. The van der Waals surface area contributed by atoms with Crippen molar-refractivity contribution >= 4 is 27.3 Å². The Morgan fingerprint density at radius 2 is 2.17 bits per heavy atom. The van der Waals surface area contributed by atoms with Gasteiger partial charge in [-0.25, -0.2) is 0 Å². The summed E-state index contributed by atoms with van der Waals surface area (Å²) in [5.41, 5.74) is -0.0706. The van der Waals surface area contributed by atoms with Gasteiger partial charge in [-0.05, 0) is 61.1 Å². The molecule has 1 rings (SSSR count). The highest BCUT2D eigenvalue weighted by molar-refractivity contribution is 9.10. The number of thiophene rings is 1. The monoisotopic (exact) mass is 333 g/mol. The summed E-state index contributed by atoms with van der Waals surface area (Å²) in [6, 6.07) is 2.50. The molecule has 0 radical (unpaired) electrons. The fourth-order valence-electron chi connectivity index (χ4n) is 1.58. The minimum atomic E-state index is -0.0706. The van der Waals surface area contributed by atoms with Crippen LogP contribution in [0.3, 0.4) is 0 Å². The van der Waals surface area contributed by atoms with E-state index in [9.17, 15) is 0 Å². The number of halogens is 1. The molecular weight excluding hydrogens is 310 g/mol. The summed E-state index contributed by atoms with van der Waals surface area (Å²) in [6.45, 7) is 10.3. The fourth-order valence-corrected chi connectivity index (χ4v) is 3.18. The molecule has 4 heteroatoms. The van der Waals surface area contributed by atoms with Crippen molar-refractivity contribution in [3.8, 4) is 0 Å². The van der Waals surface area contributed by atoms with Crippen molar-refractivity contribution in [1.82, 2.24) is 5.32 Å². The van der Waals surface area contributed by atoms with Crippen molar-refractivity contribution < 1.29 is 4.74 Å². The van der Waals surface area contributed by atoms with Gasteiger partial charge in [0.1, 0.15) is 0 Å². The first kappa shape index (κ1) is 16.2. The topological polar surface area (TPSA) is 21.3 Å². The van der Waals surface area contributed by atoms with E-state index in [1.165, 1.54) is 9.35 Å². The zero-order valence-corrected chi connectivity index (χ0v) is 14.2. The van der Waals surface area contributed by atoms with E-state index in [4.69, 9.17) is 4.74 Å². The maximum Gasteiger partial charge on any atom is 0.0630 e. The maximum atomic E-state index is 5.90. The molecular formula is C14H24BrNOS. The molecule has 104 valence electrons. The first-order valence-corrected chi connectivity index (χ1v) is 8.19. The fraction of sp³-hybridized carbons (Fsp3) is 0.714. The Hall–Kier alpha value is 0.100. The van der Waals surface area contributed by atoms with E-state index in [1.807, 2.05) is 0 Å². The van der Waals surface area contributed by atoms with E-state index < -0.39 is 0 Å². The number of ether oxygens (including phenoxy) is 1. The van der Waals surface area contributed by atoms with Crippen molar-refractivity contribution in [2.45, 2.75) is 52.2 Å². The third kappa shape index (κ3) is 6.32. The van der Waals surface area contributed by atoms with Crippen LogP contribution in [0, 0.1) is 0 Å². The van der Waals surface area contributed by atoms with Crippen LogP contribution in [0.25, 0.3) is 0 Å². The molecule has 1 atom stereocenters. The van der Waals surface area contributed by atoms with Crippen LogP contribution in [0.4, 0.5) is 0 Å². The molecule has 1 N–H and O–H groups in total. The Morgan fingerprint density at radius 1 is 1.44 bits per heavy atom. The number of rotatable bonds is 7. The molecule has 1 heterocycles. The molecule has 0 spiro atoms. The molecule has 0 aliphatic heterocycles. The van der Waals surface area contributed by atoms with Gasteiger partial charge in [0.25, 0.3) is 0 Å². The Labute approximate surface area is 123 Å². The standard InChI is InChI=1S/C14H24BrNOS/c1-5-7-16-11(10-17-14(2,3)4)9-13-12(15)6-8-18-13/h6,8,11,16H,5,7,9-10H2,1-4H3. The zero-order valence-electron chi connectivity index (χ0n) is 11.8. The highest BCUT2D eigenvalue weighted by atomic mass is 79.9. The van der Waals surface area contributed by atoms with Crippen LogP contribution in [-0.4, -0.2) is 24.8 Å². The van der Waals surface area contributed by atoms with Gasteiger partial charge in [0.15, 0.2) is 0 Å². The van der Waals surface area contributed by atoms with Crippen molar-refractivity contribution in [3.63, 3.8) is 0 Å². The number of hydrogen-bond acceptors (Lipinski definition) is 3. The van der Waals surface area contributed by atoms with E-state index in [0.29, 0.717) is 6.04 Å². The van der Waals surface area contributed by atoms with E-state index in [0.717, 1.165) is 26.0 Å². The van der Waals surface area contributed by atoms with Gasteiger partial charge < -0.3 is 10.1 Å². The van der Waals surface area contributed by atoms with E-state index in [-0.39, 0.29) is 5.60 Å². The maximum absolute atomic E-state index is 5.90. The minimum Gasteiger partial charge on any atom is -0.374 e. The van der Waals surface area contributed by atoms with Crippen LogP contribution in [0.1, 0.15) is 39.0 Å². The van der Waals surface area contributed by atoms with Crippen LogP contribution in [0.15, 0.2) is 15.9 Å². The van der Waals surface area contributed by atoms with Crippen LogP contribution < -0.4 is 5.32 Å². The molecule has 0 saturated heterocycles. The average molecular weight is 334 g/mol. The van der Waals surface area contributed by atoms with Crippen LogP contribution in [-0.2, 0) is 11.2 Å². The third-order valence-electron chi connectivity index (χ3n) is 2.52. The Kier molecular flexibility index (Phi) is 6.85. The molecule has 18 heavy (non-hydrogen) atoms. The largest absolute Gasteiger partial charge is 0.374 e. The summed E-state index contributed by atoms with van der Waals surface area (Å²) in [4.78, 5) is 1.39. The highest BCUT2D eigenvalue weighted by Gasteiger charge is 2.16. The summed E-state index contributed by atoms with van der Waals surface area (Å²) >= 11 is 5.40. The minimum absolute atomic E-state index is 0.0706. The Bertz CT molecular complexity index is 346. The molecule has 1 unspecified atom stereocenters. The average Bonchev–Trinajstić information content (AvgIpc) is 2.67. The molecule has 0 saturated carbocycles. The first-order valence-electron chi connectivity index (χ1n) is 6.51. The van der Waals surface area contributed by atoms with Crippen molar-refractivity contribution in [1.29, 1.82) is 0 Å². The van der Waals surface area contributed by atoms with Crippen LogP contribution in [0.2, 0.25) is 0 Å². The van der Waals surface area contributed by atoms with E-state index in [1.54, 1.807) is 11.3 Å². The highest BCUT2D eigenvalue weighted by Crippen LogP contribution is 2.24.